The Hall–Kier alpha value is -4.46. The lowest BCUT2D eigenvalue weighted by molar-refractivity contribution is 0.221. The minimum Gasteiger partial charge on any atom is -0.494 e. The van der Waals surface area contributed by atoms with Gasteiger partial charge in [-0.3, -0.25) is 0 Å². The van der Waals surface area contributed by atoms with Crippen LogP contribution < -0.4 is 24.3 Å². The Balaban J connectivity index is 1.61. The molecule has 1 N–H and O–H groups in total. The second-order valence-corrected chi connectivity index (χ2v) is 8.47. The summed E-state index contributed by atoms with van der Waals surface area (Å²) in [4.78, 5) is 4.51. The zero-order chi connectivity index (χ0) is 24.6. The van der Waals surface area contributed by atoms with E-state index in [-0.39, 0.29) is 6.04 Å². The molecule has 36 heavy (non-hydrogen) atoms. The molecule has 2 atom stereocenters. The fourth-order valence-electron chi connectivity index (χ4n) is 5.00. The monoisotopic (exact) mass is 482 g/mol. The van der Waals surface area contributed by atoms with Crippen molar-refractivity contribution in [2.75, 3.05) is 26.1 Å². The first-order chi connectivity index (χ1) is 17.7. The van der Waals surface area contributed by atoms with Gasteiger partial charge in [0, 0.05) is 22.3 Å². The minimum absolute atomic E-state index is 0.312. The number of benzene rings is 3. The fourth-order valence-corrected chi connectivity index (χ4v) is 5.00. The van der Waals surface area contributed by atoms with E-state index >= 15 is 0 Å². The Labute approximate surface area is 209 Å². The lowest BCUT2D eigenvalue weighted by Crippen LogP contribution is -2.32. The van der Waals surface area contributed by atoms with E-state index in [2.05, 4.69) is 27.5 Å². The highest BCUT2D eigenvalue weighted by molar-refractivity contribution is 5.85. The van der Waals surface area contributed by atoms with E-state index in [9.17, 15) is 0 Å². The van der Waals surface area contributed by atoms with Crippen LogP contribution in [0.3, 0.4) is 0 Å². The molecule has 4 aromatic rings. The predicted molar refractivity (Wildman–Crippen MR) is 136 cm³/mol. The number of para-hydroxylation sites is 2. The van der Waals surface area contributed by atoms with Gasteiger partial charge in [0.2, 0.25) is 5.95 Å². The number of nitrogens with one attached hydrogen (secondary N) is 1. The average Bonchev–Trinajstić information content (AvgIpc) is 3.40. The summed E-state index contributed by atoms with van der Waals surface area (Å²) in [5.74, 6) is 3.53. The maximum absolute atomic E-state index is 6.71. The highest BCUT2D eigenvalue weighted by Gasteiger charge is 2.42. The number of nitrogens with zero attached hydrogens (tertiary/aromatic N) is 3. The third kappa shape index (κ3) is 3.45. The van der Waals surface area contributed by atoms with Crippen LogP contribution in [0, 0.1) is 0 Å². The summed E-state index contributed by atoms with van der Waals surface area (Å²) in [6, 6.07) is 21.6. The van der Waals surface area contributed by atoms with Gasteiger partial charge in [0.25, 0.3) is 0 Å². The van der Waals surface area contributed by atoms with Crippen molar-refractivity contribution in [3.8, 4) is 23.0 Å². The van der Waals surface area contributed by atoms with Crippen LogP contribution in [0.1, 0.15) is 35.8 Å². The van der Waals surface area contributed by atoms with Crippen LogP contribution in [0.4, 0.5) is 5.95 Å². The molecule has 0 fully saturated rings. The van der Waals surface area contributed by atoms with Gasteiger partial charge in [0.15, 0.2) is 11.5 Å². The Kier molecular flexibility index (Phi) is 5.48. The molecule has 3 heterocycles. The Bertz CT molecular complexity index is 1460. The number of fused-ring (bicyclic) bond motifs is 3. The molecule has 0 bridgehead atoms. The Morgan fingerprint density at radius 3 is 2.58 bits per heavy atom. The quantitative estimate of drug-likeness (QED) is 0.402. The van der Waals surface area contributed by atoms with E-state index < -0.39 is 6.10 Å². The zero-order valence-electron chi connectivity index (χ0n) is 20.3. The van der Waals surface area contributed by atoms with Gasteiger partial charge < -0.3 is 24.3 Å². The summed E-state index contributed by atoms with van der Waals surface area (Å²) >= 11 is 0. The van der Waals surface area contributed by atoms with E-state index in [1.54, 1.807) is 20.5 Å². The van der Waals surface area contributed by atoms with Gasteiger partial charge in [-0.2, -0.15) is 10.1 Å². The van der Waals surface area contributed by atoms with Gasteiger partial charge in [-0.1, -0.05) is 36.4 Å². The van der Waals surface area contributed by atoms with Crippen molar-refractivity contribution in [3.05, 3.63) is 95.3 Å². The number of aromatic nitrogens is 3. The number of methoxy groups -OCH3 is 2. The molecule has 0 spiro atoms. The van der Waals surface area contributed by atoms with Crippen molar-refractivity contribution < 1.29 is 18.9 Å². The number of hydrogen-bond acceptors (Lipinski definition) is 7. The molecular formula is C28H26N4O4. The summed E-state index contributed by atoms with van der Waals surface area (Å²) in [5, 5.41) is 8.13. The van der Waals surface area contributed by atoms with Crippen molar-refractivity contribution in [2.45, 2.75) is 19.1 Å². The van der Waals surface area contributed by atoms with Crippen LogP contribution in [0.25, 0.3) is 5.70 Å². The van der Waals surface area contributed by atoms with Gasteiger partial charge in [0.1, 0.15) is 30.0 Å². The SMILES string of the molecule is CCOc1ccccc1[C@@H]1C2=C(Nc3ncnn31)c1ccccc1O[C@H]2c1ccc(OC)c(OC)c1. The Morgan fingerprint density at radius 2 is 1.75 bits per heavy atom. The van der Waals surface area contributed by atoms with Crippen LogP contribution >= 0.6 is 0 Å². The number of anilines is 1. The topological polar surface area (TPSA) is 79.7 Å². The molecule has 0 unspecified atom stereocenters. The highest BCUT2D eigenvalue weighted by Crippen LogP contribution is 2.52. The van der Waals surface area contributed by atoms with Crippen molar-refractivity contribution in [2.24, 2.45) is 0 Å². The molecule has 182 valence electrons. The fraction of sp³-hybridized carbons (Fsp3) is 0.214. The lowest BCUT2D eigenvalue weighted by atomic mass is 9.84. The molecule has 2 aliphatic rings. The molecule has 6 rings (SSSR count). The predicted octanol–water partition coefficient (Wildman–Crippen LogP) is 5.25. The standard InChI is InChI=1S/C28H26N4O4/c1-4-35-20-11-7-6-10-19(20)26-24-25(31-28-29-16-30-32(26)28)18-9-5-8-12-21(18)36-27(24)17-13-14-22(33-2)23(15-17)34-3/h5-16,26-27H,4H2,1-3H3,(H,29,30,31)/t26-,27+/m1/s1. The molecule has 3 aromatic carbocycles. The highest BCUT2D eigenvalue weighted by atomic mass is 16.5. The van der Waals surface area contributed by atoms with Crippen LogP contribution in [-0.2, 0) is 0 Å². The molecule has 8 nitrogen and oxygen atoms in total. The average molecular weight is 483 g/mol. The summed E-state index contributed by atoms with van der Waals surface area (Å²) in [6.07, 6.45) is 1.13. The van der Waals surface area contributed by atoms with Crippen molar-refractivity contribution in [1.82, 2.24) is 14.8 Å². The molecule has 2 aliphatic heterocycles. The number of ether oxygens (including phenoxy) is 4. The maximum atomic E-state index is 6.71. The third-order valence-corrected chi connectivity index (χ3v) is 6.55. The number of hydrogen-bond donors (Lipinski definition) is 1. The largest absolute Gasteiger partial charge is 0.494 e. The molecule has 1 aromatic heterocycles. The summed E-state index contributed by atoms with van der Waals surface area (Å²) in [5.41, 5.74) is 4.84. The molecule has 0 saturated heterocycles. The first-order valence-electron chi connectivity index (χ1n) is 11.8. The summed E-state index contributed by atoms with van der Waals surface area (Å²) in [7, 11) is 3.26. The Morgan fingerprint density at radius 1 is 0.944 bits per heavy atom. The second-order valence-electron chi connectivity index (χ2n) is 8.47. The molecule has 0 aliphatic carbocycles. The first kappa shape index (κ1) is 22.0. The number of rotatable bonds is 6. The summed E-state index contributed by atoms with van der Waals surface area (Å²) in [6.45, 7) is 2.54. The second kappa shape index (κ2) is 8.96. The van der Waals surface area contributed by atoms with E-state index in [1.165, 1.54) is 0 Å². The van der Waals surface area contributed by atoms with Gasteiger partial charge in [0.05, 0.1) is 26.5 Å². The van der Waals surface area contributed by atoms with Crippen LogP contribution in [0.15, 0.2) is 78.6 Å². The molecule has 0 radical (unpaired) electrons. The first-order valence-corrected chi connectivity index (χ1v) is 11.8. The van der Waals surface area contributed by atoms with E-state index in [4.69, 9.17) is 18.9 Å². The van der Waals surface area contributed by atoms with Crippen molar-refractivity contribution in [1.29, 1.82) is 0 Å². The summed E-state index contributed by atoms with van der Waals surface area (Å²) < 4.78 is 25.8. The van der Waals surface area contributed by atoms with Crippen molar-refractivity contribution in [3.63, 3.8) is 0 Å². The maximum Gasteiger partial charge on any atom is 0.226 e. The van der Waals surface area contributed by atoms with E-state index in [0.717, 1.165) is 39.5 Å². The van der Waals surface area contributed by atoms with Gasteiger partial charge >= 0.3 is 0 Å². The van der Waals surface area contributed by atoms with Crippen molar-refractivity contribution >= 4 is 11.6 Å². The van der Waals surface area contributed by atoms with Gasteiger partial charge in [-0.15, -0.1) is 0 Å². The molecular weight excluding hydrogens is 456 g/mol. The van der Waals surface area contributed by atoms with E-state index in [1.807, 2.05) is 66.2 Å². The normalized spacial score (nSPS) is 17.8. The lowest BCUT2D eigenvalue weighted by Gasteiger charge is -2.39. The smallest absolute Gasteiger partial charge is 0.226 e. The van der Waals surface area contributed by atoms with Crippen LogP contribution in [-0.4, -0.2) is 35.6 Å². The van der Waals surface area contributed by atoms with Gasteiger partial charge in [-0.05, 0) is 37.3 Å². The van der Waals surface area contributed by atoms with Crippen LogP contribution in [0.2, 0.25) is 0 Å². The van der Waals surface area contributed by atoms with Crippen LogP contribution in [0.5, 0.6) is 23.0 Å². The van der Waals surface area contributed by atoms with E-state index in [0.29, 0.717) is 24.1 Å². The van der Waals surface area contributed by atoms with Gasteiger partial charge in [-0.25, -0.2) is 4.68 Å². The minimum atomic E-state index is -0.431. The molecule has 0 amide bonds. The molecule has 0 saturated carbocycles. The third-order valence-electron chi connectivity index (χ3n) is 6.55. The zero-order valence-corrected chi connectivity index (χ0v) is 20.3. The molecule has 8 heteroatoms.